The number of ether oxygens (including phenoxy) is 4. The lowest BCUT2D eigenvalue weighted by atomic mass is 9.98. The predicted octanol–water partition coefficient (Wildman–Crippen LogP) is 6.52. The highest BCUT2D eigenvalue weighted by atomic mass is 16.7. The molecule has 0 aliphatic carbocycles. The average Bonchev–Trinajstić information content (AvgIpc) is 3.07. The van der Waals surface area contributed by atoms with Gasteiger partial charge in [-0.1, -0.05) is 48.5 Å². The molecule has 0 bridgehead atoms. The third-order valence-electron chi connectivity index (χ3n) is 7.69. The van der Waals surface area contributed by atoms with Crippen molar-refractivity contribution < 1.29 is 33.3 Å². The number of benzene rings is 4. The van der Waals surface area contributed by atoms with E-state index < -0.39 is 7.32 Å². The Hall–Kier alpha value is -3.98. The van der Waals surface area contributed by atoms with Gasteiger partial charge in [-0.25, -0.2) is 0 Å². The lowest BCUT2D eigenvalue weighted by Crippen LogP contribution is -2.35. The van der Waals surface area contributed by atoms with Crippen LogP contribution in [0.4, 0.5) is 0 Å². The highest BCUT2D eigenvalue weighted by molar-refractivity contribution is 6.34. The summed E-state index contributed by atoms with van der Waals surface area (Å²) in [4.78, 5) is 0. The third-order valence-corrected chi connectivity index (χ3v) is 7.69. The van der Waals surface area contributed by atoms with Crippen LogP contribution in [-0.2, 0) is 35.0 Å². The molecule has 0 heterocycles. The molecule has 0 fully saturated rings. The first-order valence-corrected chi connectivity index (χ1v) is 15.0. The summed E-state index contributed by atoms with van der Waals surface area (Å²) in [6.45, 7) is 0. The van der Waals surface area contributed by atoms with Gasteiger partial charge < -0.3 is 33.3 Å². The minimum atomic E-state index is -1.38. The van der Waals surface area contributed by atoms with Crippen molar-refractivity contribution in [2.45, 2.75) is 50.7 Å². The summed E-state index contributed by atoms with van der Waals surface area (Å²) in [5.74, 6) is 3.24. The second kappa shape index (κ2) is 17.4. The minimum absolute atomic E-state index is 0.274. The fourth-order valence-corrected chi connectivity index (χ4v) is 5.09. The van der Waals surface area contributed by atoms with E-state index in [1.54, 1.807) is 28.4 Å². The van der Waals surface area contributed by atoms with E-state index in [-0.39, 0.29) is 12.2 Å². The Balaban J connectivity index is 1.44. The Morgan fingerprint density at radius 1 is 0.455 bits per heavy atom. The van der Waals surface area contributed by atoms with Crippen LogP contribution >= 0.6 is 0 Å². The van der Waals surface area contributed by atoms with Crippen molar-refractivity contribution in [2.75, 3.05) is 28.4 Å². The van der Waals surface area contributed by atoms with E-state index in [1.807, 2.05) is 72.8 Å². The van der Waals surface area contributed by atoms with Crippen molar-refractivity contribution >= 4 is 7.32 Å². The van der Waals surface area contributed by atoms with Gasteiger partial charge in [0.2, 0.25) is 0 Å². The van der Waals surface area contributed by atoms with Gasteiger partial charge in [0.05, 0.1) is 28.4 Å². The average molecular weight is 599 g/mol. The molecule has 8 heteroatoms. The quantitative estimate of drug-likeness (QED) is 0.131. The van der Waals surface area contributed by atoms with Gasteiger partial charge in [-0.2, -0.15) is 0 Å². The molecule has 2 unspecified atom stereocenters. The zero-order valence-electron chi connectivity index (χ0n) is 26.1. The van der Waals surface area contributed by atoms with E-state index in [4.69, 9.17) is 28.3 Å². The van der Waals surface area contributed by atoms with Crippen molar-refractivity contribution in [3.8, 4) is 23.0 Å². The van der Waals surface area contributed by atoms with Gasteiger partial charge in [-0.05, 0) is 109 Å². The van der Waals surface area contributed by atoms with Gasteiger partial charge in [0.1, 0.15) is 23.0 Å². The van der Waals surface area contributed by atoms with Gasteiger partial charge in [0.25, 0.3) is 0 Å². The van der Waals surface area contributed by atoms with Crippen molar-refractivity contribution in [3.05, 3.63) is 119 Å². The van der Waals surface area contributed by atoms with E-state index in [0.29, 0.717) is 25.7 Å². The number of rotatable bonds is 18. The van der Waals surface area contributed by atoms with Crippen molar-refractivity contribution in [3.63, 3.8) is 0 Å². The molecular weight excluding hydrogens is 555 g/mol. The predicted molar refractivity (Wildman–Crippen MR) is 174 cm³/mol. The smallest absolute Gasteiger partial charge is 0.497 e. The maximum atomic E-state index is 11.1. The molecule has 0 saturated heterocycles. The Bertz CT molecular complexity index is 1250. The Kier molecular flexibility index (Phi) is 13.0. The molecule has 0 radical (unpaired) electrons. The first-order chi connectivity index (χ1) is 21.5. The molecule has 0 saturated carbocycles. The molecule has 4 aromatic carbocycles. The van der Waals surface area contributed by atoms with E-state index in [1.165, 1.54) is 11.1 Å². The second-order valence-corrected chi connectivity index (χ2v) is 10.7. The molecule has 44 heavy (non-hydrogen) atoms. The molecule has 0 aromatic heterocycles. The molecule has 0 amide bonds. The number of aryl methyl sites for hydroxylation is 2. The van der Waals surface area contributed by atoms with Crippen molar-refractivity contribution in [2.24, 2.45) is 0 Å². The largest absolute Gasteiger partial charge is 0.637 e. The molecule has 0 spiro atoms. The van der Waals surface area contributed by atoms with E-state index in [9.17, 15) is 5.02 Å². The Labute approximate surface area is 261 Å². The van der Waals surface area contributed by atoms with Crippen LogP contribution in [0.5, 0.6) is 23.0 Å². The van der Waals surface area contributed by atoms with Crippen LogP contribution in [0.25, 0.3) is 0 Å². The monoisotopic (exact) mass is 598 g/mol. The normalized spacial score (nSPS) is 12.3. The molecule has 4 rings (SSSR count). The van der Waals surface area contributed by atoms with Gasteiger partial charge in [0.15, 0.2) is 0 Å². The molecule has 7 nitrogen and oxygen atoms in total. The van der Waals surface area contributed by atoms with Crippen molar-refractivity contribution in [1.29, 1.82) is 0 Å². The van der Waals surface area contributed by atoms with Crippen LogP contribution in [0, 0.1) is 0 Å². The topological polar surface area (TPSA) is 75.6 Å². The SMILES string of the molecule is COc1ccc(CCC(Cc2ccc(OC)cc2)OB(O)OC(CCc2ccc(OC)cc2)Cc2ccc(OC)cc2)cc1. The van der Waals surface area contributed by atoms with Gasteiger partial charge in [-0.3, -0.25) is 0 Å². The third kappa shape index (κ3) is 10.6. The van der Waals surface area contributed by atoms with Crippen LogP contribution in [0.15, 0.2) is 97.1 Å². The zero-order valence-corrected chi connectivity index (χ0v) is 26.1. The number of hydrogen-bond donors (Lipinski definition) is 1. The fraction of sp³-hybridized carbons (Fsp3) is 0.333. The lowest BCUT2D eigenvalue weighted by molar-refractivity contribution is 0.0482. The van der Waals surface area contributed by atoms with Crippen LogP contribution in [0.2, 0.25) is 0 Å². The highest BCUT2D eigenvalue weighted by Gasteiger charge is 2.27. The Morgan fingerprint density at radius 3 is 1.00 bits per heavy atom. The maximum Gasteiger partial charge on any atom is 0.637 e. The summed E-state index contributed by atoms with van der Waals surface area (Å²) in [7, 11) is 5.25. The van der Waals surface area contributed by atoms with Crippen LogP contribution in [-0.4, -0.2) is 53.0 Å². The van der Waals surface area contributed by atoms with Crippen molar-refractivity contribution in [1.82, 2.24) is 0 Å². The van der Waals surface area contributed by atoms with E-state index >= 15 is 0 Å². The first kappa shape index (κ1) is 32.9. The second-order valence-electron chi connectivity index (χ2n) is 10.7. The van der Waals surface area contributed by atoms with Crippen LogP contribution < -0.4 is 18.9 Å². The molecular formula is C36H43BO7. The van der Waals surface area contributed by atoms with Gasteiger partial charge in [0, 0.05) is 12.2 Å². The molecule has 0 aliphatic rings. The first-order valence-electron chi connectivity index (χ1n) is 15.0. The summed E-state index contributed by atoms with van der Waals surface area (Å²) in [5, 5.41) is 11.1. The van der Waals surface area contributed by atoms with E-state index in [0.717, 1.165) is 47.0 Å². The minimum Gasteiger partial charge on any atom is -0.497 e. The van der Waals surface area contributed by atoms with Gasteiger partial charge in [-0.15, -0.1) is 0 Å². The molecule has 232 valence electrons. The van der Waals surface area contributed by atoms with Gasteiger partial charge >= 0.3 is 7.32 Å². The maximum absolute atomic E-state index is 11.1. The summed E-state index contributed by atoms with van der Waals surface area (Å²) in [6, 6.07) is 31.9. The summed E-state index contributed by atoms with van der Waals surface area (Å²) in [5.41, 5.74) is 4.52. The summed E-state index contributed by atoms with van der Waals surface area (Å²) < 4.78 is 33.6. The molecule has 4 aromatic rings. The summed E-state index contributed by atoms with van der Waals surface area (Å²) >= 11 is 0. The Morgan fingerprint density at radius 2 is 0.727 bits per heavy atom. The lowest BCUT2D eigenvalue weighted by Gasteiger charge is -2.24. The molecule has 1 N–H and O–H groups in total. The van der Waals surface area contributed by atoms with Crippen LogP contribution in [0.1, 0.15) is 35.1 Å². The molecule has 2 atom stereocenters. The van der Waals surface area contributed by atoms with Crippen LogP contribution in [0.3, 0.4) is 0 Å². The highest BCUT2D eigenvalue weighted by Crippen LogP contribution is 2.22. The summed E-state index contributed by atoms with van der Waals surface area (Å²) in [6.07, 6.45) is 3.66. The fourth-order valence-electron chi connectivity index (χ4n) is 5.09. The number of hydrogen-bond acceptors (Lipinski definition) is 7. The molecule has 0 aliphatic heterocycles. The van der Waals surface area contributed by atoms with E-state index in [2.05, 4.69) is 24.3 Å². The standard InChI is InChI=1S/C36H43BO7/c1-39-31-15-5-27(6-16-31)9-23-35(25-29-11-19-33(41-3)20-12-29)43-37(38)44-36(26-30-13-21-34(42-4)22-14-30)24-10-28-7-17-32(40-2)18-8-28/h5-8,11-22,35-36,38H,9-10,23-26H2,1-4H3. The number of methoxy groups -OCH3 is 4. The zero-order chi connectivity index (χ0) is 31.1.